The Kier molecular flexibility index (Phi) is 45.9. The molecule has 0 saturated heterocycles. The Hall–Kier alpha value is -9.10. The number of sulfonamides is 3. The number of anilines is 2. The van der Waals surface area contributed by atoms with Gasteiger partial charge in [-0.15, -0.1) is 9.98 Å². The van der Waals surface area contributed by atoms with Crippen LogP contribution < -0.4 is 154 Å². The molecule has 0 fully saturated rings. The van der Waals surface area contributed by atoms with Gasteiger partial charge in [-0.1, -0.05) is 23.8 Å². The van der Waals surface area contributed by atoms with E-state index >= 15 is 0 Å². The summed E-state index contributed by atoms with van der Waals surface area (Å²) in [5.41, 5.74) is 0. The maximum Gasteiger partial charge on any atom is 1.00 e. The second-order valence-corrected chi connectivity index (χ2v) is 24.4. The molecule has 61 heteroatoms. The van der Waals surface area contributed by atoms with E-state index < -0.39 is 138 Å². The Balaban J connectivity index is 0.00000141. The minimum atomic E-state index is -4.82. The zero-order valence-corrected chi connectivity index (χ0v) is 69.6. The van der Waals surface area contributed by atoms with Crippen molar-refractivity contribution >= 4 is 103 Å². The molecular weight excluding hydrogens is 1780 g/mol. The van der Waals surface area contributed by atoms with Crippen LogP contribution in [0.5, 0.6) is 64.3 Å². The third-order valence-corrected chi connectivity index (χ3v) is 14.5. The Morgan fingerprint density at radius 3 is 1.23 bits per heavy atom. The molecule has 6 N–H and O–H groups in total. The first kappa shape index (κ1) is 107. The number of rotatable bonds is 24. The standard InChI is InChI=1S/2C14H14F3N5O6S.C7H5ClF3NO.C7H7F3N2O3S.C7H6F3NOS.C6H6N4O3.K.Na.H2S/c2*1-26-9-6-10(27-2)20-12(19-9)21-13(23)22-29(24,25)11-8(4-3-5-18-11)28-7-14(15,16)17;8-6-5(2-1-3-12-6)13-4-7(9,10)11;8-7(9,10)4-15-5-2-1-3-12-6(5)16(11,13)14;8-7(9,10)4-12-5-2-1-3-11-6(5)13;1-12-5-8-4(7-3-11)9-6(10-5)13-2;;;/h2*3-6H,7H2,1-2H3,(H2,19,20,21,22,23);1-3H,4H2;1-3H,4H2,(H2,11,13,14);1-3H,4H2,(H,11,13);1-2H3;;;1H2/q;;;;;;2*+1;/p-2. The number of hydrogen-bond acceptors (Lipinski definition) is 34. The number of nitrogens with zero attached hydrogens (tertiary/aromatic N) is 13. The number of H-pyrrole nitrogens is 1. The van der Waals surface area contributed by atoms with Crippen LogP contribution in [-0.2, 0) is 48.4 Å². The van der Waals surface area contributed by atoms with Crippen LogP contribution in [0.1, 0.15) is 0 Å². The molecule has 116 heavy (non-hydrogen) atoms. The zero-order valence-electron chi connectivity index (χ0n) is 59.5. The second kappa shape index (κ2) is 49.8. The van der Waals surface area contributed by atoms with Crippen molar-refractivity contribution in [1.29, 1.82) is 0 Å². The average Bonchev–Trinajstić information content (AvgIpc) is 0.816. The van der Waals surface area contributed by atoms with E-state index in [9.17, 15) is 105 Å². The van der Waals surface area contributed by atoms with Crippen LogP contribution in [0.2, 0.25) is 5.15 Å². The van der Waals surface area contributed by atoms with Gasteiger partial charge in [0.1, 0.15) is 4.64 Å². The Bertz CT molecular complexity index is 4710. The van der Waals surface area contributed by atoms with E-state index in [-0.39, 0.29) is 169 Å². The largest absolute Gasteiger partial charge is 1.00 e. The van der Waals surface area contributed by atoms with Crippen LogP contribution in [-0.4, -0.2) is 210 Å². The number of aromatic amines is 1. The van der Waals surface area contributed by atoms with Gasteiger partial charge in [0.2, 0.25) is 55.6 Å². The molecule has 0 atom stereocenters. The number of urea groups is 2. The molecule has 0 radical (unpaired) electrons. The van der Waals surface area contributed by atoms with Crippen LogP contribution >= 0.6 is 23.8 Å². The number of ether oxygens (including phenoxy) is 11. The molecule has 0 unspecified atom stereocenters. The number of hydrogen-bond donors (Lipinski definition) is 5. The van der Waals surface area contributed by atoms with Gasteiger partial charge in [0.05, 0.1) is 54.8 Å². The quantitative estimate of drug-likeness (QED) is 0.00848. The van der Waals surface area contributed by atoms with Crippen molar-refractivity contribution in [3.63, 3.8) is 0 Å². The number of aromatic nitrogens is 12. The number of halogens is 16. The summed E-state index contributed by atoms with van der Waals surface area (Å²) in [6.45, 7) is -7.80. The van der Waals surface area contributed by atoms with Gasteiger partial charge in [0.25, 0.3) is 26.0 Å². The van der Waals surface area contributed by atoms with Crippen molar-refractivity contribution < 1.29 is 239 Å². The van der Waals surface area contributed by atoms with Crippen molar-refractivity contribution in [2.24, 2.45) is 10.1 Å². The molecule has 8 rings (SSSR count). The van der Waals surface area contributed by atoms with Crippen LogP contribution in [0.25, 0.3) is 4.72 Å². The van der Waals surface area contributed by atoms with Gasteiger partial charge in [-0.05, 0) is 60.7 Å². The number of isocyanates is 1. The molecule has 0 bridgehead atoms. The average molecular weight is 1830 g/mol. The van der Waals surface area contributed by atoms with Gasteiger partial charge in [-0.25, -0.2) is 56.2 Å². The number of primary sulfonamides is 1. The second-order valence-electron chi connectivity index (χ2n) is 19.1. The van der Waals surface area contributed by atoms with E-state index in [1.54, 1.807) is 4.72 Å². The summed E-state index contributed by atoms with van der Waals surface area (Å²) < 4.78 is 306. The van der Waals surface area contributed by atoms with Gasteiger partial charge < -0.3 is 80.6 Å². The fourth-order valence-corrected chi connectivity index (χ4v) is 9.26. The summed E-state index contributed by atoms with van der Waals surface area (Å²) in [6.07, 6.45) is -15.4. The van der Waals surface area contributed by atoms with Gasteiger partial charge in [0, 0.05) is 31.0 Å². The third kappa shape index (κ3) is 42.7. The van der Waals surface area contributed by atoms with Crippen LogP contribution in [0, 0.1) is 4.64 Å². The van der Waals surface area contributed by atoms with Crippen molar-refractivity contribution in [2.45, 2.75) is 46.0 Å². The molecule has 38 nitrogen and oxygen atoms in total. The van der Waals surface area contributed by atoms with Crippen molar-refractivity contribution in [2.75, 3.05) is 86.3 Å². The van der Waals surface area contributed by atoms with Gasteiger partial charge >= 0.3 is 130 Å². The predicted molar refractivity (Wildman–Crippen MR) is 361 cm³/mol. The van der Waals surface area contributed by atoms with Crippen LogP contribution in [0.3, 0.4) is 0 Å². The number of nitrogens with one attached hydrogen (secondary N) is 4. The first-order chi connectivity index (χ1) is 52.5. The summed E-state index contributed by atoms with van der Waals surface area (Å²) in [5.74, 6) is -2.78. The number of nitrogens with two attached hydrogens (primary N) is 1. The van der Waals surface area contributed by atoms with E-state index in [0.29, 0.717) is 0 Å². The molecule has 8 aromatic heterocycles. The van der Waals surface area contributed by atoms with Gasteiger partial charge in [-0.2, -0.15) is 104 Å². The summed E-state index contributed by atoms with van der Waals surface area (Å²) in [4.78, 5) is 79.5. The molecule has 0 aliphatic heterocycles. The molecule has 0 aliphatic rings. The summed E-state index contributed by atoms with van der Waals surface area (Å²) in [5, 5.41) is 6.07. The Labute approximate surface area is 725 Å². The number of methoxy groups -OCH3 is 6. The maximum absolute atomic E-state index is 12.3. The molecule has 4 amide bonds. The normalized spacial score (nSPS) is 11.0. The van der Waals surface area contributed by atoms with E-state index in [4.69, 9.17) is 57.4 Å². The molecule has 0 aromatic carbocycles. The first-order valence-electron chi connectivity index (χ1n) is 28.7. The molecule has 0 spiro atoms. The molecule has 626 valence electrons. The van der Waals surface area contributed by atoms with Gasteiger partial charge in [-0.3, -0.25) is 10.1 Å². The van der Waals surface area contributed by atoms with E-state index in [1.165, 1.54) is 110 Å². The molecule has 8 aromatic rings. The molecule has 0 aliphatic carbocycles. The monoisotopic (exact) mass is 1830 g/mol. The molecule has 0 saturated carbocycles. The topological polar surface area (TPSA) is 501 Å². The van der Waals surface area contributed by atoms with E-state index in [0.717, 1.165) is 42.9 Å². The smallest absolute Gasteiger partial charge is 0.813 e. The Morgan fingerprint density at radius 1 is 0.517 bits per heavy atom. The predicted octanol–water partition coefficient (Wildman–Crippen LogP) is 3.09. The maximum atomic E-state index is 12.3. The number of aliphatic imine (C=N–C) groups is 1. The third-order valence-electron chi connectivity index (χ3n) is 10.6. The van der Waals surface area contributed by atoms with E-state index in [2.05, 4.69) is 93.2 Å². The molecule has 8 heterocycles. The summed E-state index contributed by atoms with van der Waals surface area (Å²) in [7, 11) is -5.81. The van der Waals surface area contributed by atoms with Crippen molar-refractivity contribution in [1.82, 2.24) is 64.5 Å². The number of pyridine rings is 5. The number of thiol groups is 1. The van der Waals surface area contributed by atoms with Crippen molar-refractivity contribution in [3.05, 3.63) is 118 Å². The van der Waals surface area contributed by atoms with Gasteiger partial charge in [0.15, 0.2) is 83.9 Å². The molecular formula is C55H52ClF15KN18NaO20S5. The van der Waals surface area contributed by atoms with E-state index in [1.807, 2.05) is 10.6 Å². The SMILES string of the molecule is COc1cc(OC)nc(NC(=O)NS(=O)(=O)c2ncccc2OCC(F)(F)F)n1.COc1cc(OC)nc(NC(=O)[N-]S(=O)(=O)c2ncccc2OCC(F)(F)F)n1.COc1nc(N=C=O)nc(OC)n1.FC(F)(F)COc1ccc[nH]c1=S.FC(F)(F)COc1cccnc1Cl.NS(=O)(=O)c1ncccc1OCC(F)(F)F.[K+].[Na+].[SH-]. The fraction of sp³-hybridized carbons (Fsp3) is 0.291. The minimum Gasteiger partial charge on any atom is -0.813 e. The number of carbonyl (C=O) groups is 2. The fourth-order valence-electron chi connectivity index (χ4n) is 6.37. The first-order valence-corrected chi connectivity index (χ1v) is 33.9. The van der Waals surface area contributed by atoms with Crippen molar-refractivity contribution in [3.8, 4) is 64.3 Å². The summed E-state index contributed by atoms with van der Waals surface area (Å²) in [6, 6.07) is 12.1. The minimum absolute atomic E-state index is 0. The number of alkyl halides is 15. The summed E-state index contributed by atoms with van der Waals surface area (Å²) >= 11 is 10.1. The Morgan fingerprint density at radius 2 is 0.862 bits per heavy atom. The number of carbonyl (C=O) groups excluding carboxylic acids is 3. The number of amides is 4. The van der Waals surface area contributed by atoms with Crippen LogP contribution in [0.4, 0.5) is 93.3 Å². The zero-order chi connectivity index (χ0) is 85.2. The van der Waals surface area contributed by atoms with Crippen LogP contribution in [0.15, 0.2) is 124 Å².